The Kier molecular flexibility index (Phi) is 9.97. The highest BCUT2D eigenvalue weighted by molar-refractivity contribution is 5.86. The van der Waals surface area contributed by atoms with Gasteiger partial charge < -0.3 is 24.6 Å². The lowest BCUT2D eigenvalue weighted by atomic mass is 9.94. The molecule has 0 saturated heterocycles. The van der Waals surface area contributed by atoms with E-state index in [1.807, 2.05) is 50.2 Å². The Morgan fingerprint density at radius 1 is 0.970 bits per heavy atom. The van der Waals surface area contributed by atoms with Crippen molar-refractivity contribution in [2.75, 3.05) is 26.9 Å². The number of carbonyl (C=O) groups is 3. The third-order valence-corrected chi connectivity index (χ3v) is 5.29. The molecular formula is C25H33NO7. The van der Waals surface area contributed by atoms with Gasteiger partial charge in [0.2, 0.25) is 0 Å². The molecule has 1 amide bonds. The zero-order valence-corrected chi connectivity index (χ0v) is 19.6. The van der Waals surface area contributed by atoms with E-state index in [1.54, 1.807) is 14.0 Å². The van der Waals surface area contributed by atoms with Gasteiger partial charge in [-0.25, -0.2) is 4.79 Å². The van der Waals surface area contributed by atoms with Crippen LogP contribution in [0.3, 0.4) is 0 Å². The number of carboxylic acids is 1. The molecule has 2 aromatic rings. The third kappa shape index (κ3) is 8.63. The summed E-state index contributed by atoms with van der Waals surface area (Å²) in [6.45, 7) is 5.82. The Labute approximate surface area is 194 Å². The summed E-state index contributed by atoms with van der Waals surface area (Å²) in [5.74, 6) is -0.869. The fraction of sp³-hybridized carbons (Fsp3) is 0.480. The minimum Gasteiger partial charge on any atom is -0.497 e. The largest absolute Gasteiger partial charge is 0.497 e. The van der Waals surface area contributed by atoms with Crippen LogP contribution in [0.1, 0.15) is 45.1 Å². The molecule has 2 atom stereocenters. The van der Waals surface area contributed by atoms with E-state index in [9.17, 15) is 14.4 Å². The molecule has 33 heavy (non-hydrogen) atoms. The molecule has 2 aromatic carbocycles. The molecular weight excluding hydrogens is 426 g/mol. The number of nitrogens with one attached hydrogen (secondary N) is 1. The zero-order valence-electron chi connectivity index (χ0n) is 19.6. The molecule has 0 spiro atoms. The predicted molar refractivity (Wildman–Crippen MR) is 124 cm³/mol. The molecule has 0 fully saturated rings. The number of ether oxygens (including phenoxy) is 3. The fourth-order valence-electron chi connectivity index (χ4n) is 3.61. The van der Waals surface area contributed by atoms with Crippen molar-refractivity contribution in [1.82, 2.24) is 5.32 Å². The Hall–Kier alpha value is -3.29. The molecule has 0 aliphatic rings. The van der Waals surface area contributed by atoms with Gasteiger partial charge in [-0.15, -0.1) is 0 Å². The first kappa shape index (κ1) is 26.0. The Balaban J connectivity index is 1.76. The fourth-order valence-corrected chi connectivity index (χ4v) is 3.61. The number of alkyl carbamates (subject to hydrolysis) is 1. The lowest BCUT2D eigenvalue weighted by Gasteiger charge is -2.17. The number of aliphatic carboxylic acids is 1. The predicted octanol–water partition coefficient (Wildman–Crippen LogP) is 4.36. The molecule has 0 aliphatic heterocycles. The average Bonchev–Trinajstić information content (AvgIpc) is 2.78. The van der Waals surface area contributed by atoms with Crippen molar-refractivity contribution in [2.24, 2.45) is 11.8 Å². The molecule has 2 rings (SSSR count). The molecule has 180 valence electrons. The van der Waals surface area contributed by atoms with Gasteiger partial charge >= 0.3 is 18.0 Å². The van der Waals surface area contributed by atoms with Crippen molar-refractivity contribution < 1.29 is 33.7 Å². The number of carboxylic acid groups (broad SMARTS) is 1. The van der Waals surface area contributed by atoms with Gasteiger partial charge in [0.1, 0.15) is 19.0 Å². The number of benzene rings is 2. The number of hydrogen-bond donors (Lipinski definition) is 2. The van der Waals surface area contributed by atoms with E-state index in [0.717, 1.165) is 22.1 Å². The summed E-state index contributed by atoms with van der Waals surface area (Å²) in [6, 6.07) is 11.5. The minimum absolute atomic E-state index is 0.0176. The molecule has 1 unspecified atom stereocenters. The van der Waals surface area contributed by atoms with Gasteiger partial charge in [-0.3, -0.25) is 9.59 Å². The van der Waals surface area contributed by atoms with Crippen molar-refractivity contribution in [2.45, 2.75) is 39.5 Å². The Morgan fingerprint density at radius 3 is 2.30 bits per heavy atom. The highest BCUT2D eigenvalue weighted by atomic mass is 16.6. The topological polar surface area (TPSA) is 111 Å². The van der Waals surface area contributed by atoms with Crippen molar-refractivity contribution in [3.05, 3.63) is 42.0 Å². The smallest absolute Gasteiger partial charge is 0.407 e. The number of fused-ring (bicyclic) bond motifs is 1. The van der Waals surface area contributed by atoms with Crippen LogP contribution in [0.2, 0.25) is 0 Å². The summed E-state index contributed by atoms with van der Waals surface area (Å²) in [4.78, 5) is 35.2. The van der Waals surface area contributed by atoms with Crippen LogP contribution >= 0.6 is 0 Å². The van der Waals surface area contributed by atoms with Crippen LogP contribution in [0, 0.1) is 11.8 Å². The number of methoxy groups -OCH3 is 1. The maximum Gasteiger partial charge on any atom is 0.407 e. The minimum atomic E-state index is -0.900. The molecule has 0 aromatic heterocycles. The van der Waals surface area contributed by atoms with Crippen molar-refractivity contribution >= 4 is 28.8 Å². The van der Waals surface area contributed by atoms with Crippen LogP contribution in [0.4, 0.5) is 4.79 Å². The highest BCUT2D eigenvalue weighted by Gasteiger charge is 2.18. The second-order valence-electron chi connectivity index (χ2n) is 8.47. The first-order chi connectivity index (χ1) is 15.7. The van der Waals surface area contributed by atoms with Crippen LogP contribution in [0.15, 0.2) is 36.4 Å². The number of amides is 1. The first-order valence-electron chi connectivity index (χ1n) is 11.1. The summed E-state index contributed by atoms with van der Waals surface area (Å²) >= 11 is 0. The van der Waals surface area contributed by atoms with Gasteiger partial charge in [0, 0.05) is 13.0 Å². The second kappa shape index (κ2) is 12.7. The van der Waals surface area contributed by atoms with E-state index in [4.69, 9.17) is 19.3 Å². The quantitative estimate of drug-likeness (QED) is 0.358. The second-order valence-corrected chi connectivity index (χ2v) is 8.47. The normalized spacial score (nSPS) is 12.8. The summed E-state index contributed by atoms with van der Waals surface area (Å²) in [7, 11) is 1.62. The number of carbonyl (C=O) groups excluding carboxylic acids is 2. The van der Waals surface area contributed by atoms with Gasteiger partial charge in [-0.05, 0) is 53.6 Å². The van der Waals surface area contributed by atoms with Gasteiger partial charge in [-0.2, -0.15) is 0 Å². The van der Waals surface area contributed by atoms with E-state index < -0.39 is 23.9 Å². The van der Waals surface area contributed by atoms with E-state index in [2.05, 4.69) is 5.32 Å². The van der Waals surface area contributed by atoms with Crippen LogP contribution in [0.25, 0.3) is 10.8 Å². The van der Waals surface area contributed by atoms with Crippen LogP contribution in [0.5, 0.6) is 5.75 Å². The maximum absolute atomic E-state index is 12.4. The average molecular weight is 460 g/mol. The number of hydrogen-bond acceptors (Lipinski definition) is 6. The first-order valence-corrected chi connectivity index (χ1v) is 11.1. The molecule has 8 nitrogen and oxygen atoms in total. The van der Waals surface area contributed by atoms with Crippen LogP contribution in [-0.2, 0) is 19.1 Å². The van der Waals surface area contributed by atoms with Gasteiger partial charge in [-0.1, -0.05) is 38.1 Å². The van der Waals surface area contributed by atoms with Gasteiger partial charge in [0.15, 0.2) is 0 Å². The molecule has 0 radical (unpaired) electrons. The molecule has 0 saturated carbocycles. The molecule has 2 N–H and O–H groups in total. The molecule has 0 bridgehead atoms. The summed E-state index contributed by atoms with van der Waals surface area (Å²) < 4.78 is 15.5. The lowest BCUT2D eigenvalue weighted by Crippen LogP contribution is -2.32. The maximum atomic E-state index is 12.4. The van der Waals surface area contributed by atoms with E-state index in [0.29, 0.717) is 12.3 Å². The molecule has 8 heteroatoms. The van der Waals surface area contributed by atoms with Crippen molar-refractivity contribution in [3.63, 3.8) is 0 Å². The van der Waals surface area contributed by atoms with Gasteiger partial charge in [0.25, 0.3) is 0 Å². The molecule has 0 heterocycles. The highest BCUT2D eigenvalue weighted by Crippen LogP contribution is 2.25. The Bertz CT molecular complexity index is 957. The third-order valence-electron chi connectivity index (χ3n) is 5.29. The van der Waals surface area contributed by atoms with Crippen molar-refractivity contribution in [1.29, 1.82) is 0 Å². The van der Waals surface area contributed by atoms with Crippen LogP contribution < -0.4 is 10.1 Å². The SMILES string of the molecule is COc1ccc2cc(C(C)C(=O)OCCOC(=O)NC[C@H](CC(=O)O)CC(C)C)ccc2c1. The Morgan fingerprint density at radius 2 is 1.64 bits per heavy atom. The van der Waals surface area contributed by atoms with E-state index in [-0.39, 0.29) is 32.1 Å². The van der Waals surface area contributed by atoms with E-state index >= 15 is 0 Å². The summed E-state index contributed by atoms with van der Waals surface area (Å²) in [5.41, 5.74) is 0.825. The number of rotatable bonds is 12. The van der Waals surface area contributed by atoms with E-state index in [1.165, 1.54) is 0 Å². The summed E-state index contributed by atoms with van der Waals surface area (Å²) in [6.07, 6.45) is 0.00363. The van der Waals surface area contributed by atoms with Crippen LogP contribution in [-0.4, -0.2) is 50.0 Å². The zero-order chi connectivity index (χ0) is 24.4. The molecule has 0 aliphatic carbocycles. The van der Waals surface area contributed by atoms with Crippen molar-refractivity contribution in [3.8, 4) is 5.75 Å². The van der Waals surface area contributed by atoms with Gasteiger partial charge in [0.05, 0.1) is 13.0 Å². The number of esters is 1. The summed E-state index contributed by atoms with van der Waals surface area (Å²) in [5, 5.41) is 13.6. The standard InChI is InChI=1S/C25H33NO7/c1-16(2)11-18(12-23(27)28)15-26-25(30)33-10-9-32-24(29)17(3)19-5-6-21-14-22(31-4)8-7-20(21)13-19/h5-8,13-14,16-18H,9-12,15H2,1-4H3,(H,26,30)(H,27,28)/t17?,18-/m0/s1. The lowest BCUT2D eigenvalue weighted by molar-refractivity contribution is -0.146. The monoisotopic (exact) mass is 459 g/mol.